The summed E-state index contributed by atoms with van der Waals surface area (Å²) < 4.78 is 2.11. The van der Waals surface area contributed by atoms with Crippen LogP contribution in [-0.4, -0.2) is 4.99 Å². The molecular formula is C13H13N2S+. The minimum Gasteiger partial charge on any atom is -0.389 e. The predicted octanol–water partition coefficient (Wildman–Crippen LogP) is 1.66. The Kier molecular flexibility index (Phi) is 3.27. The molecule has 0 spiro atoms. The summed E-state index contributed by atoms with van der Waals surface area (Å²) in [6.45, 7) is 0.831. The summed E-state index contributed by atoms with van der Waals surface area (Å²) in [5.41, 5.74) is 7.72. The zero-order valence-electron chi connectivity index (χ0n) is 8.84. The zero-order chi connectivity index (χ0) is 11.4. The Morgan fingerprint density at radius 2 is 1.88 bits per heavy atom. The van der Waals surface area contributed by atoms with Gasteiger partial charge in [0.2, 0.25) is 0 Å². The molecule has 1 aromatic carbocycles. The van der Waals surface area contributed by atoms with Gasteiger partial charge in [-0.15, -0.1) is 0 Å². The monoisotopic (exact) mass is 229 g/mol. The molecule has 0 saturated carbocycles. The van der Waals surface area contributed by atoms with Crippen LogP contribution in [-0.2, 0) is 6.54 Å². The molecule has 0 radical (unpaired) electrons. The van der Waals surface area contributed by atoms with Crippen molar-refractivity contribution >= 4 is 17.2 Å². The number of hydrogen-bond donors (Lipinski definition) is 1. The highest BCUT2D eigenvalue weighted by atomic mass is 32.1. The molecular weight excluding hydrogens is 216 g/mol. The van der Waals surface area contributed by atoms with E-state index in [1.54, 1.807) is 0 Å². The number of rotatable bonds is 3. The average Bonchev–Trinajstić information content (AvgIpc) is 2.30. The highest BCUT2D eigenvalue weighted by Gasteiger charge is 2.03. The third-order valence-electron chi connectivity index (χ3n) is 2.35. The molecule has 1 heterocycles. The molecule has 16 heavy (non-hydrogen) atoms. The van der Waals surface area contributed by atoms with Crippen molar-refractivity contribution in [2.75, 3.05) is 0 Å². The Hall–Kier alpha value is -1.74. The first-order valence-corrected chi connectivity index (χ1v) is 5.49. The molecule has 3 heteroatoms. The minimum atomic E-state index is 0.444. The fraction of sp³-hybridized carbons (Fsp3) is 0.0769. The van der Waals surface area contributed by atoms with Gasteiger partial charge in [0.1, 0.15) is 4.99 Å². The molecule has 0 amide bonds. The molecule has 0 bridgehead atoms. The Morgan fingerprint density at radius 1 is 1.12 bits per heavy atom. The summed E-state index contributed by atoms with van der Waals surface area (Å²) in [4.78, 5) is 0.444. The van der Waals surface area contributed by atoms with Gasteiger partial charge in [-0.2, -0.15) is 0 Å². The number of thiocarbonyl (C=S) groups is 1. The van der Waals surface area contributed by atoms with Gasteiger partial charge in [0.05, 0.1) is 0 Å². The van der Waals surface area contributed by atoms with Gasteiger partial charge in [-0.1, -0.05) is 36.5 Å². The van der Waals surface area contributed by atoms with Crippen LogP contribution >= 0.6 is 12.2 Å². The molecule has 2 N–H and O–H groups in total. The van der Waals surface area contributed by atoms with Crippen LogP contribution in [0, 0.1) is 0 Å². The van der Waals surface area contributed by atoms with Crippen molar-refractivity contribution in [3.05, 3.63) is 66.0 Å². The van der Waals surface area contributed by atoms with Crippen molar-refractivity contribution in [2.45, 2.75) is 6.54 Å². The van der Waals surface area contributed by atoms with Gasteiger partial charge in [0.15, 0.2) is 18.9 Å². The Morgan fingerprint density at radius 3 is 2.56 bits per heavy atom. The molecule has 0 fully saturated rings. The molecule has 0 aliphatic rings. The topological polar surface area (TPSA) is 29.9 Å². The lowest BCUT2D eigenvalue weighted by Gasteiger charge is -2.01. The first-order valence-electron chi connectivity index (χ1n) is 5.08. The Labute approximate surface area is 100 Å². The number of pyridine rings is 1. The van der Waals surface area contributed by atoms with Crippen molar-refractivity contribution in [1.29, 1.82) is 0 Å². The highest BCUT2D eigenvalue weighted by molar-refractivity contribution is 7.80. The van der Waals surface area contributed by atoms with E-state index in [4.69, 9.17) is 18.0 Å². The third kappa shape index (κ3) is 2.64. The zero-order valence-corrected chi connectivity index (χ0v) is 9.65. The lowest BCUT2D eigenvalue weighted by molar-refractivity contribution is -0.688. The SMILES string of the molecule is NC(=S)c1cccc(C[n+]2ccccc2)c1. The van der Waals surface area contributed by atoms with Gasteiger partial charge >= 0.3 is 0 Å². The quantitative estimate of drug-likeness (QED) is 0.641. The van der Waals surface area contributed by atoms with Gasteiger partial charge in [0.25, 0.3) is 0 Å². The fourth-order valence-corrected chi connectivity index (χ4v) is 1.70. The summed E-state index contributed by atoms with van der Waals surface area (Å²) in [5.74, 6) is 0. The molecule has 80 valence electrons. The van der Waals surface area contributed by atoms with Gasteiger partial charge in [0, 0.05) is 23.3 Å². The number of nitrogens with two attached hydrogens (primary N) is 1. The number of hydrogen-bond acceptors (Lipinski definition) is 1. The van der Waals surface area contributed by atoms with Crippen molar-refractivity contribution in [3.8, 4) is 0 Å². The maximum Gasteiger partial charge on any atom is 0.173 e. The smallest absolute Gasteiger partial charge is 0.173 e. The van der Waals surface area contributed by atoms with Gasteiger partial charge in [-0.05, 0) is 6.07 Å². The van der Waals surface area contributed by atoms with E-state index in [2.05, 4.69) is 10.6 Å². The second-order valence-corrected chi connectivity index (χ2v) is 4.05. The maximum absolute atomic E-state index is 5.60. The van der Waals surface area contributed by atoms with Crippen molar-refractivity contribution in [2.24, 2.45) is 5.73 Å². The minimum absolute atomic E-state index is 0.444. The van der Waals surface area contributed by atoms with Crippen LogP contribution < -0.4 is 10.3 Å². The van der Waals surface area contributed by atoms with E-state index < -0.39 is 0 Å². The van der Waals surface area contributed by atoms with Gasteiger partial charge < -0.3 is 5.73 Å². The van der Waals surface area contributed by atoms with Gasteiger partial charge in [-0.25, -0.2) is 4.57 Å². The predicted molar refractivity (Wildman–Crippen MR) is 68.1 cm³/mol. The first-order chi connectivity index (χ1) is 7.75. The van der Waals surface area contributed by atoms with Crippen molar-refractivity contribution in [3.63, 3.8) is 0 Å². The Bertz CT molecular complexity index is 494. The largest absolute Gasteiger partial charge is 0.389 e. The molecule has 2 nitrogen and oxygen atoms in total. The normalized spacial score (nSPS) is 10.0. The Balaban J connectivity index is 2.22. The lowest BCUT2D eigenvalue weighted by atomic mass is 10.1. The second-order valence-electron chi connectivity index (χ2n) is 3.61. The average molecular weight is 229 g/mol. The van der Waals surface area contributed by atoms with E-state index in [0.717, 1.165) is 12.1 Å². The third-order valence-corrected chi connectivity index (χ3v) is 2.59. The summed E-state index contributed by atoms with van der Waals surface area (Å²) >= 11 is 4.96. The number of nitrogens with zero attached hydrogens (tertiary/aromatic N) is 1. The van der Waals surface area contributed by atoms with Gasteiger partial charge in [-0.3, -0.25) is 0 Å². The molecule has 0 unspecified atom stereocenters. The molecule has 0 aliphatic heterocycles. The molecule has 1 aromatic heterocycles. The summed E-state index contributed by atoms with van der Waals surface area (Å²) in [5, 5.41) is 0. The van der Waals surface area contributed by atoms with E-state index >= 15 is 0 Å². The molecule has 0 atom stereocenters. The number of aromatic nitrogens is 1. The second kappa shape index (κ2) is 4.86. The molecule has 2 rings (SSSR count). The van der Waals surface area contributed by atoms with Crippen LogP contribution in [0.2, 0.25) is 0 Å². The number of benzene rings is 1. The van der Waals surface area contributed by atoms with Crippen LogP contribution in [0.5, 0.6) is 0 Å². The van der Waals surface area contributed by atoms with Crippen LogP contribution in [0.3, 0.4) is 0 Å². The van der Waals surface area contributed by atoms with Crippen LogP contribution in [0.25, 0.3) is 0 Å². The van der Waals surface area contributed by atoms with E-state index in [0.29, 0.717) is 4.99 Å². The standard InChI is InChI=1S/C13H12N2S/c14-13(16)12-6-4-5-11(9-12)10-15-7-2-1-3-8-15/h1-9H,10H2,(H-,14,16)/p+1. The van der Waals surface area contributed by atoms with E-state index in [1.807, 2.05) is 48.8 Å². The molecule has 0 aliphatic carbocycles. The maximum atomic E-state index is 5.60. The highest BCUT2D eigenvalue weighted by Crippen LogP contribution is 2.04. The summed E-state index contributed by atoms with van der Waals surface area (Å²) in [6, 6.07) is 14.0. The van der Waals surface area contributed by atoms with E-state index in [-0.39, 0.29) is 0 Å². The fourth-order valence-electron chi connectivity index (χ4n) is 1.57. The summed E-state index contributed by atoms with van der Waals surface area (Å²) in [7, 11) is 0. The van der Waals surface area contributed by atoms with Crippen LogP contribution in [0.1, 0.15) is 11.1 Å². The summed E-state index contributed by atoms with van der Waals surface area (Å²) in [6.07, 6.45) is 4.07. The molecule has 2 aromatic rings. The van der Waals surface area contributed by atoms with Crippen molar-refractivity contribution in [1.82, 2.24) is 0 Å². The van der Waals surface area contributed by atoms with Crippen LogP contribution in [0.4, 0.5) is 0 Å². The molecule has 0 saturated heterocycles. The van der Waals surface area contributed by atoms with E-state index in [1.165, 1.54) is 5.56 Å². The van der Waals surface area contributed by atoms with E-state index in [9.17, 15) is 0 Å². The lowest BCUT2D eigenvalue weighted by Crippen LogP contribution is -2.32. The first kappa shape index (κ1) is 10.8. The van der Waals surface area contributed by atoms with Crippen LogP contribution in [0.15, 0.2) is 54.9 Å². The van der Waals surface area contributed by atoms with Crippen molar-refractivity contribution < 1.29 is 4.57 Å².